The summed E-state index contributed by atoms with van der Waals surface area (Å²) in [5, 5.41) is 14.4. The zero-order valence-corrected chi connectivity index (χ0v) is 20.7. The number of carbonyl (C=O) groups excluding carboxylic acids is 1. The quantitative estimate of drug-likeness (QED) is 0.529. The first kappa shape index (κ1) is 24.3. The average Bonchev–Trinajstić information content (AvgIpc) is 3.29. The molecule has 2 atom stereocenters. The third kappa shape index (κ3) is 4.44. The lowest BCUT2D eigenvalue weighted by molar-refractivity contribution is -0.134. The Balaban J connectivity index is 1.46. The van der Waals surface area contributed by atoms with Gasteiger partial charge >= 0.3 is 5.97 Å². The van der Waals surface area contributed by atoms with Crippen LogP contribution in [0, 0.1) is 11.7 Å². The summed E-state index contributed by atoms with van der Waals surface area (Å²) in [6, 6.07) is 12.1. The van der Waals surface area contributed by atoms with Gasteiger partial charge in [0.2, 0.25) is 5.91 Å². The first-order valence-corrected chi connectivity index (χ1v) is 12.1. The summed E-state index contributed by atoms with van der Waals surface area (Å²) >= 11 is 12.4. The molecular formula is C25H22Cl2FN5O3. The Morgan fingerprint density at radius 1 is 1.00 bits per heavy atom. The lowest BCUT2D eigenvalue weighted by atomic mass is 9.87. The molecule has 2 aromatic carbocycles. The predicted molar refractivity (Wildman–Crippen MR) is 135 cm³/mol. The number of amides is 1. The van der Waals surface area contributed by atoms with E-state index in [2.05, 4.69) is 15.0 Å². The molecule has 186 valence electrons. The first-order chi connectivity index (χ1) is 17.2. The monoisotopic (exact) mass is 529 g/mol. The smallest absolute Gasteiger partial charge is 0.356 e. The molecule has 2 aliphatic heterocycles. The van der Waals surface area contributed by atoms with Gasteiger partial charge in [0.1, 0.15) is 11.7 Å². The summed E-state index contributed by atoms with van der Waals surface area (Å²) in [5.74, 6) is -1.97. The molecule has 0 spiro atoms. The highest BCUT2D eigenvalue weighted by Gasteiger charge is 2.41. The van der Waals surface area contributed by atoms with Gasteiger partial charge in [-0.05, 0) is 48.9 Å². The van der Waals surface area contributed by atoms with Crippen LogP contribution in [0.4, 0.5) is 15.9 Å². The van der Waals surface area contributed by atoms with Crippen LogP contribution in [0.2, 0.25) is 10.0 Å². The van der Waals surface area contributed by atoms with Crippen molar-refractivity contribution in [2.75, 3.05) is 31.1 Å². The van der Waals surface area contributed by atoms with E-state index in [0.29, 0.717) is 53.3 Å². The van der Waals surface area contributed by atoms with Gasteiger partial charge in [-0.2, -0.15) is 5.10 Å². The van der Waals surface area contributed by atoms with E-state index in [9.17, 15) is 19.1 Å². The van der Waals surface area contributed by atoms with Gasteiger partial charge in [-0.15, -0.1) is 0 Å². The van der Waals surface area contributed by atoms with E-state index in [1.165, 1.54) is 22.9 Å². The van der Waals surface area contributed by atoms with Crippen molar-refractivity contribution in [3.05, 3.63) is 75.7 Å². The molecule has 1 amide bonds. The minimum absolute atomic E-state index is 0.135. The molecule has 0 bridgehead atoms. The van der Waals surface area contributed by atoms with Crippen molar-refractivity contribution in [3.63, 3.8) is 0 Å². The molecule has 1 fully saturated rings. The molecule has 0 radical (unpaired) electrons. The number of anilines is 1. The Kier molecular flexibility index (Phi) is 6.44. The number of benzene rings is 2. The highest BCUT2D eigenvalue weighted by Crippen LogP contribution is 2.39. The van der Waals surface area contributed by atoms with E-state index >= 15 is 0 Å². The molecule has 3 heterocycles. The summed E-state index contributed by atoms with van der Waals surface area (Å²) in [5.41, 5.74) is 1.97. The number of aromatic nitrogens is 2. The second-order valence-electron chi connectivity index (χ2n) is 8.78. The second-order valence-corrected chi connectivity index (χ2v) is 9.59. The lowest BCUT2D eigenvalue weighted by Gasteiger charge is -2.40. The van der Waals surface area contributed by atoms with E-state index in [1.54, 1.807) is 42.2 Å². The SMILES string of the molecule is CC1=Nc2cc(C(=O)O)nn2C(c2ccc(Cl)c(Cl)c2)C1C(=O)N1CCN(c2ccc(F)cc2)CC1. The summed E-state index contributed by atoms with van der Waals surface area (Å²) in [6.07, 6.45) is 0. The summed E-state index contributed by atoms with van der Waals surface area (Å²) in [7, 11) is 0. The van der Waals surface area contributed by atoms with Crippen LogP contribution in [0.15, 0.2) is 53.5 Å². The van der Waals surface area contributed by atoms with Gasteiger partial charge in [0.15, 0.2) is 11.5 Å². The highest BCUT2D eigenvalue weighted by molar-refractivity contribution is 6.42. The fourth-order valence-corrected chi connectivity index (χ4v) is 5.08. The Labute approximate surface area is 216 Å². The minimum atomic E-state index is -1.18. The number of fused-ring (bicyclic) bond motifs is 1. The fourth-order valence-electron chi connectivity index (χ4n) is 4.77. The van der Waals surface area contributed by atoms with Crippen molar-refractivity contribution in [1.82, 2.24) is 14.7 Å². The molecule has 5 rings (SSSR count). The lowest BCUT2D eigenvalue weighted by Crippen LogP contribution is -2.53. The van der Waals surface area contributed by atoms with Crippen molar-refractivity contribution >= 4 is 52.3 Å². The maximum absolute atomic E-state index is 13.9. The number of halogens is 3. The van der Waals surface area contributed by atoms with Crippen molar-refractivity contribution in [1.29, 1.82) is 0 Å². The number of carboxylic acids is 1. The predicted octanol–water partition coefficient (Wildman–Crippen LogP) is 4.69. The van der Waals surface area contributed by atoms with Crippen molar-refractivity contribution in [2.45, 2.75) is 13.0 Å². The summed E-state index contributed by atoms with van der Waals surface area (Å²) < 4.78 is 14.8. The van der Waals surface area contributed by atoms with Crippen LogP contribution in [-0.2, 0) is 4.79 Å². The zero-order chi connectivity index (χ0) is 25.6. The Hall–Kier alpha value is -3.43. The Bertz CT molecular complexity index is 1370. The van der Waals surface area contributed by atoms with E-state index in [-0.39, 0.29) is 17.4 Å². The topological polar surface area (TPSA) is 91.0 Å². The average molecular weight is 530 g/mol. The first-order valence-electron chi connectivity index (χ1n) is 11.3. The van der Waals surface area contributed by atoms with Gasteiger partial charge in [-0.1, -0.05) is 29.3 Å². The molecule has 0 saturated carbocycles. The number of hydrogen-bond donors (Lipinski definition) is 1. The van der Waals surface area contributed by atoms with Crippen molar-refractivity contribution in [3.8, 4) is 0 Å². The van der Waals surface area contributed by atoms with Crippen LogP contribution in [0.1, 0.15) is 29.0 Å². The van der Waals surface area contributed by atoms with Crippen LogP contribution in [0.3, 0.4) is 0 Å². The fraction of sp³-hybridized carbons (Fsp3) is 0.280. The summed E-state index contributed by atoms with van der Waals surface area (Å²) in [4.78, 5) is 33.9. The van der Waals surface area contributed by atoms with Gasteiger partial charge < -0.3 is 14.9 Å². The number of hydrogen-bond acceptors (Lipinski definition) is 5. The van der Waals surface area contributed by atoms with E-state index in [0.717, 1.165) is 5.69 Å². The zero-order valence-electron chi connectivity index (χ0n) is 19.2. The number of piperazine rings is 1. The van der Waals surface area contributed by atoms with Gasteiger partial charge in [0.25, 0.3) is 0 Å². The van der Waals surface area contributed by atoms with Gasteiger partial charge in [-0.3, -0.25) is 4.79 Å². The second kappa shape index (κ2) is 9.55. The van der Waals surface area contributed by atoms with Gasteiger partial charge in [0.05, 0.1) is 16.1 Å². The van der Waals surface area contributed by atoms with Crippen LogP contribution in [0.5, 0.6) is 0 Å². The molecular weight excluding hydrogens is 508 g/mol. The van der Waals surface area contributed by atoms with Crippen LogP contribution in [-0.4, -0.2) is 63.6 Å². The largest absolute Gasteiger partial charge is 0.476 e. The third-order valence-corrected chi connectivity index (χ3v) is 7.33. The maximum Gasteiger partial charge on any atom is 0.356 e. The minimum Gasteiger partial charge on any atom is -0.476 e. The molecule has 8 nitrogen and oxygen atoms in total. The standard InChI is InChI=1S/C25H22Cl2FN5O3/c1-14-22(24(34)32-10-8-31(9-11-32)17-5-3-16(28)4-6-17)23(15-2-7-18(26)19(27)12-15)33-21(29-14)13-20(30-33)25(35)36/h2-7,12-13,22-23H,8-11H2,1H3,(H,35,36). The molecule has 2 aliphatic rings. The summed E-state index contributed by atoms with van der Waals surface area (Å²) in [6.45, 7) is 3.89. The van der Waals surface area contributed by atoms with Crippen molar-refractivity contribution in [2.24, 2.45) is 10.9 Å². The van der Waals surface area contributed by atoms with Crippen LogP contribution < -0.4 is 4.90 Å². The molecule has 1 N–H and O–H groups in total. The molecule has 36 heavy (non-hydrogen) atoms. The van der Waals surface area contributed by atoms with E-state index < -0.39 is 17.9 Å². The van der Waals surface area contributed by atoms with Crippen LogP contribution in [0.25, 0.3) is 0 Å². The van der Waals surface area contributed by atoms with Gasteiger partial charge in [0, 0.05) is 43.6 Å². The highest BCUT2D eigenvalue weighted by atomic mass is 35.5. The van der Waals surface area contributed by atoms with E-state index in [1.807, 2.05) is 0 Å². The molecule has 11 heteroatoms. The van der Waals surface area contributed by atoms with E-state index in [4.69, 9.17) is 23.2 Å². The number of carbonyl (C=O) groups is 2. The molecule has 2 unspecified atom stereocenters. The number of rotatable bonds is 4. The Morgan fingerprint density at radius 2 is 1.69 bits per heavy atom. The number of nitrogens with zero attached hydrogens (tertiary/aromatic N) is 5. The molecule has 1 aromatic heterocycles. The van der Waals surface area contributed by atoms with Gasteiger partial charge in [-0.25, -0.2) is 18.9 Å². The number of aliphatic imine (C=N–C) groups is 1. The normalized spacial score (nSPS) is 19.6. The maximum atomic E-state index is 13.9. The molecule has 3 aromatic rings. The Morgan fingerprint density at radius 3 is 2.33 bits per heavy atom. The number of carboxylic acid groups (broad SMARTS) is 1. The third-order valence-electron chi connectivity index (χ3n) is 6.59. The molecule has 1 saturated heterocycles. The van der Waals surface area contributed by atoms with Crippen molar-refractivity contribution < 1.29 is 19.1 Å². The van der Waals surface area contributed by atoms with Crippen LogP contribution >= 0.6 is 23.2 Å². The number of aromatic carboxylic acids is 1. The molecule has 0 aliphatic carbocycles.